The Bertz CT molecular complexity index is 839. The molecule has 2 N–H and O–H groups in total. The summed E-state index contributed by atoms with van der Waals surface area (Å²) in [7, 11) is 0. The number of hydrogen-bond acceptors (Lipinski definition) is 5. The summed E-state index contributed by atoms with van der Waals surface area (Å²) in [6, 6.07) is 7.02. The molecular formula is C25H34ClN3O2. The average Bonchev–Trinajstić information content (AvgIpc) is 3.28. The number of ether oxygens (including phenoxy) is 2. The van der Waals surface area contributed by atoms with Gasteiger partial charge >= 0.3 is 0 Å². The van der Waals surface area contributed by atoms with Gasteiger partial charge in [0.15, 0.2) is 11.5 Å². The molecule has 0 radical (unpaired) electrons. The molecule has 31 heavy (non-hydrogen) atoms. The van der Waals surface area contributed by atoms with Gasteiger partial charge in [-0.1, -0.05) is 29.8 Å². The molecule has 0 amide bonds. The molecule has 2 aliphatic carbocycles. The van der Waals surface area contributed by atoms with Gasteiger partial charge in [0.1, 0.15) is 0 Å². The topological polar surface area (TPSA) is 51.0 Å². The summed E-state index contributed by atoms with van der Waals surface area (Å²) < 4.78 is 11.0. The van der Waals surface area contributed by atoms with E-state index < -0.39 is 0 Å². The molecule has 2 aliphatic heterocycles. The van der Waals surface area contributed by atoms with Gasteiger partial charge in [-0.25, -0.2) is 0 Å². The maximum absolute atomic E-state index is 6.34. The molecule has 1 saturated carbocycles. The first-order valence-corrected chi connectivity index (χ1v) is 12.1. The average molecular weight is 444 g/mol. The van der Waals surface area contributed by atoms with Crippen molar-refractivity contribution in [1.82, 2.24) is 9.80 Å². The number of halogens is 1. The second kappa shape index (κ2) is 9.14. The van der Waals surface area contributed by atoms with Gasteiger partial charge in [0.25, 0.3) is 0 Å². The van der Waals surface area contributed by atoms with Gasteiger partial charge in [0.2, 0.25) is 6.79 Å². The van der Waals surface area contributed by atoms with Crippen LogP contribution < -0.4 is 15.2 Å². The molecule has 6 heteroatoms. The smallest absolute Gasteiger partial charge is 0.231 e. The van der Waals surface area contributed by atoms with Gasteiger partial charge in [0, 0.05) is 43.8 Å². The molecule has 1 unspecified atom stereocenters. The number of hydrogen-bond donors (Lipinski definition) is 1. The van der Waals surface area contributed by atoms with Crippen molar-refractivity contribution in [2.24, 2.45) is 17.1 Å². The number of fused-ring (bicyclic) bond motifs is 1. The zero-order valence-corrected chi connectivity index (χ0v) is 19.0. The van der Waals surface area contributed by atoms with E-state index in [0.29, 0.717) is 18.8 Å². The Morgan fingerprint density at radius 2 is 1.84 bits per heavy atom. The largest absolute Gasteiger partial charge is 0.454 e. The highest BCUT2D eigenvalue weighted by Crippen LogP contribution is 2.47. The molecule has 1 saturated heterocycles. The lowest BCUT2D eigenvalue weighted by Crippen LogP contribution is -2.52. The zero-order valence-electron chi connectivity index (χ0n) is 18.3. The van der Waals surface area contributed by atoms with Crippen LogP contribution in [0.1, 0.15) is 37.7 Å². The van der Waals surface area contributed by atoms with Gasteiger partial charge in [-0.2, -0.15) is 0 Å². The van der Waals surface area contributed by atoms with Crippen LogP contribution in [0.25, 0.3) is 0 Å². The number of benzene rings is 1. The van der Waals surface area contributed by atoms with Crippen molar-refractivity contribution < 1.29 is 9.47 Å². The lowest BCUT2D eigenvalue weighted by Gasteiger charge is -2.48. The molecule has 2 heterocycles. The summed E-state index contributed by atoms with van der Waals surface area (Å²) in [6.07, 6.45) is 12.4. The van der Waals surface area contributed by atoms with E-state index in [1.807, 2.05) is 12.1 Å². The zero-order chi connectivity index (χ0) is 21.3. The molecule has 0 spiro atoms. The van der Waals surface area contributed by atoms with Crippen molar-refractivity contribution in [2.45, 2.75) is 44.7 Å². The minimum atomic E-state index is 0.225. The minimum Gasteiger partial charge on any atom is -0.454 e. The molecular weight excluding hydrogens is 410 g/mol. The standard InChI is InChI=1S/C25H34ClN3O2/c26-21-3-1-2-20(15-21)25(17-27)8-6-22(7-9-25)29-12-10-28(11-13-29)16-19-4-5-23-24(14-19)31-18-30-23/h1-5,14,20,22H,6-13,15-18,27H2. The lowest BCUT2D eigenvalue weighted by molar-refractivity contribution is 0.0341. The van der Waals surface area contributed by atoms with Crippen LogP contribution in [0.4, 0.5) is 0 Å². The van der Waals surface area contributed by atoms with E-state index in [4.69, 9.17) is 26.8 Å². The third-order valence-electron chi connectivity index (χ3n) is 7.95. The molecule has 1 aromatic carbocycles. The van der Waals surface area contributed by atoms with E-state index in [9.17, 15) is 0 Å². The fraction of sp³-hybridized carbons (Fsp3) is 0.600. The molecule has 1 aromatic rings. The predicted octanol–water partition coefficient (Wildman–Crippen LogP) is 4.12. The Morgan fingerprint density at radius 3 is 2.58 bits per heavy atom. The van der Waals surface area contributed by atoms with Crippen molar-refractivity contribution in [3.05, 3.63) is 47.0 Å². The maximum atomic E-state index is 6.34. The number of allylic oxidation sites excluding steroid dienone is 4. The number of nitrogens with zero attached hydrogens (tertiary/aromatic N) is 2. The second-order valence-electron chi connectivity index (χ2n) is 9.61. The molecule has 2 fully saturated rings. The Kier molecular flexibility index (Phi) is 6.29. The molecule has 5 rings (SSSR count). The highest BCUT2D eigenvalue weighted by atomic mass is 35.5. The predicted molar refractivity (Wildman–Crippen MR) is 124 cm³/mol. The first-order chi connectivity index (χ1) is 15.1. The summed E-state index contributed by atoms with van der Waals surface area (Å²) in [4.78, 5) is 5.28. The van der Waals surface area contributed by atoms with E-state index in [1.54, 1.807) is 0 Å². The summed E-state index contributed by atoms with van der Waals surface area (Å²) in [5.74, 6) is 2.24. The van der Waals surface area contributed by atoms with Crippen molar-refractivity contribution in [2.75, 3.05) is 39.5 Å². The first-order valence-electron chi connectivity index (χ1n) is 11.7. The lowest BCUT2D eigenvalue weighted by atomic mass is 9.63. The Balaban J connectivity index is 1.12. The van der Waals surface area contributed by atoms with E-state index in [1.165, 1.54) is 31.2 Å². The fourth-order valence-electron chi connectivity index (χ4n) is 5.91. The van der Waals surface area contributed by atoms with Crippen molar-refractivity contribution >= 4 is 11.6 Å². The van der Waals surface area contributed by atoms with Crippen molar-refractivity contribution in [3.63, 3.8) is 0 Å². The van der Waals surface area contributed by atoms with Crippen LogP contribution in [-0.2, 0) is 6.54 Å². The number of rotatable bonds is 5. The monoisotopic (exact) mass is 443 g/mol. The third kappa shape index (κ3) is 4.51. The van der Waals surface area contributed by atoms with Crippen LogP contribution in [0.2, 0.25) is 0 Å². The van der Waals surface area contributed by atoms with Gasteiger partial charge in [-0.3, -0.25) is 9.80 Å². The molecule has 5 nitrogen and oxygen atoms in total. The quantitative estimate of drug-likeness (QED) is 0.741. The minimum absolute atomic E-state index is 0.225. The van der Waals surface area contributed by atoms with Gasteiger partial charge in [0.05, 0.1) is 0 Å². The molecule has 0 bridgehead atoms. The van der Waals surface area contributed by atoms with Gasteiger partial charge in [-0.05, 0) is 73.8 Å². The summed E-state index contributed by atoms with van der Waals surface area (Å²) in [5, 5.41) is 0.973. The summed E-state index contributed by atoms with van der Waals surface area (Å²) in [5.41, 5.74) is 7.86. The first kappa shape index (κ1) is 21.3. The summed E-state index contributed by atoms with van der Waals surface area (Å²) in [6.45, 7) is 6.64. The number of piperazine rings is 1. The fourth-order valence-corrected chi connectivity index (χ4v) is 6.15. The van der Waals surface area contributed by atoms with Gasteiger partial charge < -0.3 is 15.2 Å². The maximum Gasteiger partial charge on any atom is 0.231 e. The van der Waals surface area contributed by atoms with E-state index in [0.717, 1.165) is 62.2 Å². The van der Waals surface area contributed by atoms with E-state index in [2.05, 4.69) is 34.1 Å². The highest BCUT2D eigenvalue weighted by molar-refractivity contribution is 6.29. The molecule has 0 aromatic heterocycles. The second-order valence-corrected chi connectivity index (χ2v) is 10.1. The van der Waals surface area contributed by atoms with Crippen LogP contribution in [0.5, 0.6) is 11.5 Å². The van der Waals surface area contributed by atoms with Crippen molar-refractivity contribution in [1.29, 1.82) is 0 Å². The SMILES string of the molecule is NCC1(C2C=CC=C(Cl)C2)CCC(N2CCN(Cc3ccc4c(c3)OCO4)CC2)CC1. The van der Waals surface area contributed by atoms with Crippen LogP contribution in [0.15, 0.2) is 41.5 Å². The summed E-state index contributed by atoms with van der Waals surface area (Å²) >= 11 is 6.34. The Morgan fingerprint density at radius 1 is 1.06 bits per heavy atom. The Hall–Kier alpha value is -1.53. The molecule has 4 aliphatic rings. The normalized spacial score (nSPS) is 31.6. The third-order valence-corrected chi connectivity index (χ3v) is 8.23. The molecule has 1 atom stereocenters. The number of nitrogens with two attached hydrogens (primary N) is 1. The van der Waals surface area contributed by atoms with E-state index >= 15 is 0 Å². The Labute approximate surface area is 190 Å². The van der Waals surface area contributed by atoms with Crippen LogP contribution in [-0.4, -0.2) is 55.4 Å². The van der Waals surface area contributed by atoms with E-state index in [-0.39, 0.29) is 5.41 Å². The van der Waals surface area contributed by atoms with Crippen LogP contribution in [0.3, 0.4) is 0 Å². The molecule has 168 valence electrons. The van der Waals surface area contributed by atoms with Gasteiger partial charge in [-0.15, -0.1) is 0 Å². The van der Waals surface area contributed by atoms with Crippen molar-refractivity contribution in [3.8, 4) is 11.5 Å². The van der Waals surface area contributed by atoms with Crippen LogP contribution >= 0.6 is 11.6 Å². The highest BCUT2D eigenvalue weighted by Gasteiger charge is 2.41. The van der Waals surface area contributed by atoms with Crippen LogP contribution in [0, 0.1) is 11.3 Å².